The number of hydrogen-bond acceptors (Lipinski definition) is 3. The van der Waals surface area contributed by atoms with Crippen LogP contribution in [0.25, 0.3) is 0 Å². The van der Waals surface area contributed by atoms with Crippen LogP contribution in [-0.4, -0.2) is 44.7 Å². The Morgan fingerprint density at radius 1 is 1.13 bits per heavy atom. The van der Waals surface area contributed by atoms with E-state index in [1.165, 1.54) is 12.1 Å². The molecule has 1 heterocycles. The Hall–Kier alpha value is -2.74. The van der Waals surface area contributed by atoms with Gasteiger partial charge in [0, 0.05) is 5.69 Å². The van der Waals surface area contributed by atoms with E-state index in [1.807, 2.05) is 38.1 Å². The molecule has 2 aromatic rings. The van der Waals surface area contributed by atoms with Gasteiger partial charge in [0.2, 0.25) is 0 Å². The van der Waals surface area contributed by atoms with Crippen molar-refractivity contribution in [3.05, 3.63) is 54.1 Å². The van der Waals surface area contributed by atoms with Crippen LogP contribution >= 0.6 is 0 Å². The van der Waals surface area contributed by atoms with Gasteiger partial charge in [-0.15, -0.1) is 0 Å². The summed E-state index contributed by atoms with van der Waals surface area (Å²) in [5, 5.41) is 2.73. The number of ether oxygens (including phenoxy) is 1. The number of hydrogen-bond donors (Lipinski definition) is 2. The minimum atomic E-state index is -4.39. The van der Waals surface area contributed by atoms with E-state index in [2.05, 4.69) is 10.2 Å². The average molecular weight is 422 g/mol. The summed E-state index contributed by atoms with van der Waals surface area (Å²) in [6.45, 7) is 7.54. The number of quaternary nitrogens is 1. The van der Waals surface area contributed by atoms with E-state index in [1.54, 1.807) is 0 Å². The van der Waals surface area contributed by atoms with Crippen LogP contribution in [0.2, 0.25) is 0 Å². The molecule has 0 bridgehead atoms. The second-order valence-corrected chi connectivity index (χ2v) is 7.33. The van der Waals surface area contributed by atoms with Gasteiger partial charge in [-0.3, -0.25) is 4.79 Å². The van der Waals surface area contributed by atoms with E-state index in [0.717, 1.165) is 54.6 Å². The molecule has 2 N–H and O–H groups in total. The van der Waals surface area contributed by atoms with Crippen LogP contribution in [0, 0.1) is 0 Å². The molecule has 0 aromatic heterocycles. The molecule has 1 aliphatic rings. The lowest BCUT2D eigenvalue weighted by Crippen LogP contribution is -3.19. The highest BCUT2D eigenvalue weighted by Crippen LogP contribution is 2.30. The Morgan fingerprint density at radius 3 is 2.37 bits per heavy atom. The van der Waals surface area contributed by atoms with Gasteiger partial charge in [-0.2, -0.15) is 13.2 Å². The minimum absolute atomic E-state index is 0.201. The van der Waals surface area contributed by atoms with Crippen molar-refractivity contribution < 1.29 is 27.6 Å². The summed E-state index contributed by atoms with van der Waals surface area (Å²) in [6.07, 6.45) is -4.39. The molecule has 5 nitrogen and oxygen atoms in total. The first-order valence-electron chi connectivity index (χ1n) is 10.1. The predicted molar refractivity (Wildman–Crippen MR) is 110 cm³/mol. The molecule has 0 saturated carbocycles. The number of amides is 1. The summed E-state index contributed by atoms with van der Waals surface area (Å²) < 4.78 is 43.7. The maximum Gasteiger partial charge on any atom is 0.416 e. The Labute approximate surface area is 174 Å². The van der Waals surface area contributed by atoms with Crippen LogP contribution in [0.4, 0.5) is 24.5 Å². The molecule has 8 heteroatoms. The molecule has 0 spiro atoms. The fourth-order valence-electron chi connectivity index (χ4n) is 3.64. The number of para-hydroxylation sites is 2. The highest BCUT2D eigenvalue weighted by atomic mass is 19.4. The minimum Gasteiger partial charge on any atom is -0.492 e. The van der Waals surface area contributed by atoms with E-state index in [0.29, 0.717) is 12.3 Å². The number of rotatable bonds is 6. The Kier molecular flexibility index (Phi) is 6.87. The first-order chi connectivity index (χ1) is 14.3. The van der Waals surface area contributed by atoms with E-state index in [9.17, 15) is 18.0 Å². The third-order valence-corrected chi connectivity index (χ3v) is 5.40. The maximum atomic E-state index is 12.7. The molecule has 0 aliphatic carbocycles. The molecule has 30 heavy (non-hydrogen) atoms. The number of nitrogens with one attached hydrogen (secondary N) is 2. The molecule has 2 aromatic carbocycles. The third kappa shape index (κ3) is 5.24. The topological polar surface area (TPSA) is 46.0 Å². The number of piperazine rings is 1. The highest BCUT2D eigenvalue weighted by Gasteiger charge is 2.31. The lowest BCUT2D eigenvalue weighted by molar-refractivity contribution is -0.914. The van der Waals surface area contributed by atoms with E-state index in [4.69, 9.17) is 4.74 Å². The molecule has 1 saturated heterocycles. The summed E-state index contributed by atoms with van der Waals surface area (Å²) in [5.74, 6) is 0.657. The van der Waals surface area contributed by atoms with Crippen LogP contribution in [-0.2, 0) is 11.0 Å². The summed E-state index contributed by atoms with van der Waals surface area (Å²) in [6, 6.07) is 12.1. The number of carbonyl (C=O) groups is 1. The fourth-order valence-corrected chi connectivity index (χ4v) is 3.64. The summed E-state index contributed by atoms with van der Waals surface area (Å²) in [5.41, 5.74) is 0.686. The zero-order valence-corrected chi connectivity index (χ0v) is 17.1. The van der Waals surface area contributed by atoms with Gasteiger partial charge in [0.25, 0.3) is 5.91 Å². The Morgan fingerprint density at radius 2 is 1.77 bits per heavy atom. The van der Waals surface area contributed by atoms with Crippen LogP contribution in [0.5, 0.6) is 5.75 Å². The molecule has 1 aliphatic heterocycles. The van der Waals surface area contributed by atoms with E-state index >= 15 is 0 Å². The van der Waals surface area contributed by atoms with Gasteiger partial charge in [0.05, 0.1) is 44.0 Å². The lowest BCUT2D eigenvalue weighted by atomic mass is 10.1. The third-order valence-electron chi connectivity index (χ3n) is 5.40. The second-order valence-electron chi connectivity index (χ2n) is 7.33. The zero-order chi connectivity index (χ0) is 21.7. The highest BCUT2D eigenvalue weighted by molar-refractivity contribution is 5.93. The van der Waals surface area contributed by atoms with Gasteiger partial charge in [-0.05, 0) is 50.2 Å². The van der Waals surface area contributed by atoms with Gasteiger partial charge in [0.15, 0.2) is 6.04 Å². The van der Waals surface area contributed by atoms with E-state index < -0.39 is 11.7 Å². The summed E-state index contributed by atoms with van der Waals surface area (Å²) in [7, 11) is 0. The molecule has 0 radical (unpaired) electrons. The van der Waals surface area contributed by atoms with Crippen LogP contribution < -0.4 is 19.9 Å². The predicted octanol–water partition coefficient (Wildman–Crippen LogP) is 2.84. The number of alkyl halides is 3. The van der Waals surface area contributed by atoms with Gasteiger partial charge >= 0.3 is 6.18 Å². The standard InChI is InChI=1S/C22H26F3N3O2/c1-3-30-20-7-5-4-6-19(20)28-14-12-27(13-15-28)16(2)21(29)26-18-10-8-17(9-11-18)22(23,24)25/h4-11,16H,3,12-15H2,1-2H3,(H,26,29)/p+1/t16-/m1/s1. The zero-order valence-electron chi connectivity index (χ0n) is 17.1. The van der Waals surface area contributed by atoms with Crippen molar-refractivity contribution in [3.8, 4) is 5.75 Å². The van der Waals surface area contributed by atoms with Crippen molar-refractivity contribution in [3.63, 3.8) is 0 Å². The summed E-state index contributed by atoms with van der Waals surface area (Å²) >= 11 is 0. The number of carbonyl (C=O) groups excluding carboxylic acids is 1. The quantitative estimate of drug-likeness (QED) is 0.753. The molecule has 1 amide bonds. The van der Waals surface area contributed by atoms with Crippen molar-refractivity contribution in [2.24, 2.45) is 0 Å². The van der Waals surface area contributed by atoms with Crippen molar-refractivity contribution in [1.82, 2.24) is 0 Å². The number of nitrogens with zero attached hydrogens (tertiary/aromatic N) is 1. The second kappa shape index (κ2) is 9.38. The van der Waals surface area contributed by atoms with Gasteiger partial charge in [0.1, 0.15) is 5.75 Å². The molecule has 0 unspecified atom stereocenters. The Bertz CT molecular complexity index is 847. The lowest BCUT2D eigenvalue weighted by Gasteiger charge is -2.36. The smallest absolute Gasteiger partial charge is 0.416 e. The van der Waals surface area contributed by atoms with Crippen molar-refractivity contribution in [2.75, 3.05) is 43.0 Å². The monoisotopic (exact) mass is 422 g/mol. The van der Waals surface area contributed by atoms with Gasteiger partial charge in [-0.25, -0.2) is 0 Å². The fraction of sp³-hybridized carbons (Fsp3) is 0.409. The maximum absolute atomic E-state index is 12.7. The number of benzene rings is 2. The number of halogens is 3. The van der Waals surface area contributed by atoms with Crippen LogP contribution in [0.1, 0.15) is 19.4 Å². The molecular weight excluding hydrogens is 395 g/mol. The summed E-state index contributed by atoms with van der Waals surface area (Å²) in [4.78, 5) is 16.0. The van der Waals surface area contributed by atoms with Gasteiger partial charge < -0.3 is 19.9 Å². The average Bonchev–Trinajstić information content (AvgIpc) is 2.74. The van der Waals surface area contributed by atoms with E-state index in [-0.39, 0.29) is 11.9 Å². The van der Waals surface area contributed by atoms with Crippen LogP contribution in [0.15, 0.2) is 48.5 Å². The van der Waals surface area contributed by atoms with Crippen LogP contribution in [0.3, 0.4) is 0 Å². The Balaban J connectivity index is 1.56. The van der Waals surface area contributed by atoms with Gasteiger partial charge in [-0.1, -0.05) is 12.1 Å². The largest absolute Gasteiger partial charge is 0.492 e. The molecular formula is C22H27F3N3O2+. The number of anilines is 2. The molecule has 1 atom stereocenters. The first kappa shape index (κ1) is 22.0. The van der Waals surface area contributed by atoms with Crippen molar-refractivity contribution in [2.45, 2.75) is 26.1 Å². The SMILES string of the molecule is CCOc1ccccc1N1CC[NH+]([C@H](C)C(=O)Nc2ccc(C(F)(F)F)cc2)CC1. The van der Waals surface area contributed by atoms with Crippen molar-refractivity contribution in [1.29, 1.82) is 0 Å². The molecule has 1 fully saturated rings. The molecule has 3 rings (SSSR count). The normalized spacial score (nSPS) is 16.2. The van der Waals surface area contributed by atoms with Crippen molar-refractivity contribution >= 4 is 17.3 Å². The first-order valence-corrected chi connectivity index (χ1v) is 10.1. The molecule has 162 valence electrons.